The average molecular weight is 255 g/mol. The first-order valence-electron chi connectivity index (χ1n) is 5.77. The summed E-state index contributed by atoms with van der Waals surface area (Å²) in [5, 5.41) is 0. The van der Waals surface area contributed by atoms with Gasteiger partial charge in [0.15, 0.2) is 0 Å². The third-order valence-corrected chi connectivity index (χ3v) is 3.33. The molecule has 0 heterocycles. The van der Waals surface area contributed by atoms with E-state index in [0.29, 0.717) is 6.42 Å². The standard InChI is InChI=1S/C14H19ClO2/c1-5-14(4,15)12(16)17-13(2,3)11-9-7-6-8-10-11/h6-10H,5H2,1-4H3. The van der Waals surface area contributed by atoms with Crippen LogP contribution in [0.3, 0.4) is 0 Å². The van der Waals surface area contributed by atoms with Crippen LogP contribution in [0.5, 0.6) is 0 Å². The number of alkyl halides is 1. The van der Waals surface area contributed by atoms with Gasteiger partial charge >= 0.3 is 5.97 Å². The minimum atomic E-state index is -0.952. The molecule has 1 unspecified atom stereocenters. The molecule has 0 radical (unpaired) electrons. The van der Waals surface area contributed by atoms with Crippen LogP contribution in [0.25, 0.3) is 0 Å². The molecule has 3 heteroatoms. The Hall–Kier alpha value is -1.02. The summed E-state index contributed by atoms with van der Waals surface area (Å²) >= 11 is 6.09. The normalized spacial score (nSPS) is 15.1. The molecule has 0 aliphatic carbocycles. The smallest absolute Gasteiger partial charge is 0.327 e. The Morgan fingerprint density at radius 3 is 2.24 bits per heavy atom. The number of carbonyl (C=O) groups is 1. The molecule has 0 N–H and O–H groups in total. The number of ether oxygens (including phenoxy) is 1. The first-order chi connectivity index (χ1) is 7.79. The molecule has 1 atom stereocenters. The molecule has 0 aliphatic heterocycles. The van der Waals surface area contributed by atoms with E-state index in [1.54, 1.807) is 6.92 Å². The first kappa shape index (κ1) is 14.0. The van der Waals surface area contributed by atoms with Gasteiger partial charge in [-0.3, -0.25) is 4.79 Å². The van der Waals surface area contributed by atoms with Gasteiger partial charge < -0.3 is 4.74 Å². The molecule has 0 spiro atoms. The van der Waals surface area contributed by atoms with Crippen LogP contribution < -0.4 is 0 Å². The molecule has 1 rings (SSSR count). The summed E-state index contributed by atoms with van der Waals surface area (Å²) in [6.45, 7) is 7.27. The van der Waals surface area contributed by atoms with Crippen LogP contribution in [-0.4, -0.2) is 10.8 Å². The predicted molar refractivity (Wildman–Crippen MR) is 70.1 cm³/mol. The Labute approximate surface area is 108 Å². The molecule has 0 fully saturated rings. The van der Waals surface area contributed by atoms with Gasteiger partial charge in [0.1, 0.15) is 10.5 Å². The van der Waals surface area contributed by atoms with Crippen molar-refractivity contribution in [1.82, 2.24) is 0 Å². The number of esters is 1. The zero-order chi connectivity index (χ0) is 13.1. The lowest BCUT2D eigenvalue weighted by atomic mass is 9.97. The van der Waals surface area contributed by atoms with E-state index in [4.69, 9.17) is 16.3 Å². The zero-order valence-corrected chi connectivity index (χ0v) is 11.5. The summed E-state index contributed by atoms with van der Waals surface area (Å²) in [7, 11) is 0. The van der Waals surface area contributed by atoms with Crippen molar-refractivity contribution < 1.29 is 9.53 Å². The lowest BCUT2D eigenvalue weighted by molar-refractivity contribution is -0.160. The van der Waals surface area contributed by atoms with E-state index in [2.05, 4.69) is 0 Å². The molecule has 0 bridgehead atoms. The minimum absolute atomic E-state index is 0.379. The fourth-order valence-electron chi connectivity index (χ4n) is 1.38. The Balaban J connectivity index is 2.84. The summed E-state index contributed by atoms with van der Waals surface area (Å²) in [5.74, 6) is -0.379. The Morgan fingerprint density at radius 1 is 1.24 bits per heavy atom. The Kier molecular flexibility index (Phi) is 4.21. The second-order valence-electron chi connectivity index (χ2n) is 4.82. The molecule has 0 saturated heterocycles. The van der Waals surface area contributed by atoms with Gasteiger partial charge in [0.2, 0.25) is 0 Å². The molecule has 0 amide bonds. The molecule has 94 valence electrons. The average Bonchev–Trinajstić information content (AvgIpc) is 2.29. The molecule has 17 heavy (non-hydrogen) atoms. The number of rotatable bonds is 4. The summed E-state index contributed by atoms with van der Waals surface area (Å²) in [6, 6.07) is 9.64. The van der Waals surface area contributed by atoms with Crippen molar-refractivity contribution in [2.75, 3.05) is 0 Å². The molecule has 0 aliphatic rings. The summed E-state index contributed by atoms with van der Waals surface area (Å²) in [4.78, 5) is 11.0. The monoisotopic (exact) mass is 254 g/mol. The van der Waals surface area contributed by atoms with Crippen molar-refractivity contribution in [3.63, 3.8) is 0 Å². The van der Waals surface area contributed by atoms with E-state index >= 15 is 0 Å². The number of carbonyl (C=O) groups excluding carboxylic acids is 1. The highest BCUT2D eigenvalue weighted by Crippen LogP contribution is 2.29. The third-order valence-electron chi connectivity index (χ3n) is 2.91. The summed E-state index contributed by atoms with van der Waals surface area (Å²) in [5.41, 5.74) is 0.292. The van der Waals surface area contributed by atoms with Crippen LogP contribution in [0.1, 0.15) is 39.7 Å². The molecule has 2 nitrogen and oxygen atoms in total. The maximum absolute atomic E-state index is 11.9. The van der Waals surface area contributed by atoms with Gasteiger partial charge in [0.25, 0.3) is 0 Å². The van der Waals surface area contributed by atoms with E-state index in [-0.39, 0.29) is 5.97 Å². The summed E-state index contributed by atoms with van der Waals surface area (Å²) < 4.78 is 5.51. The Morgan fingerprint density at radius 2 is 1.76 bits per heavy atom. The van der Waals surface area contributed by atoms with Crippen molar-refractivity contribution in [1.29, 1.82) is 0 Å². The van der Waals surface area contributed by atoms with Gasteiger partial charge in [0, 0.05) is 0 Å². The van der Waals surface area contributed by atoms with Gasteiger partial charge in [-0.1, -0.05) is 37.3 Å². The van der Waals surface area contributed by atoms with Gasteiger partial charge in [-0.2, -0.15) is 0 Å². The molecular weight excluding hydrogens is 236 g/mol. The summed E-state index contributed by atoms with van der Waals surface area (Å²) in [6.07, 6.45) is 0.540. The van der Waals surface area contributed by atoms with E-state index < -0.39 is 10.5 Å². The number of hydrogen-bond donors (Lipinski definition) is 0. The van der Waals surface area contributed by atoms with Gasteiger partial charge in [-0.15, -0.1) is 11.6 Å². The second-order valence-corrected chi connectivity index (χ2v) is 5.65. The highest BCUT2D eigenvalue weighted by atomic mass is 35.5. The molecule has 0 aromatic heterocycles. The maximum atomic E-state index is 11.9. The van der Waals surface area contributed by atoms with Crippen molar-refractivity contribution in [3.05, 3.63) is 35.9 Å². The van der Waals surface area contributed by atoms with E-state index in [0.717, 1.165) is 5.56 Å². The fourth-order valence-corrected chi connectivity index (χ4v) is 1.42. The molecular formula is C14H19ClO2. The van der Waals surface area contributed by atoms with Crippen molar-refractivity contribution in [2.24, 2.45) is 0 Å². The van der Waals surface area contributed by atoms with Crippen molar-refractivity contribution >= 4 is 17.6 Å². The SMILES string of the molecule is CCC(C)(Cl)C(=O)OC(C)(C)c1ccccc1. The quantitative estimate of drug-likeness (QED) is 0.602. The molecule has 0 saturated carbocycles. The van der Waals surface area contributed by atoms with Crippen LogP contribution in [0.15, 0.2) is 30.3 Å². The number of hydrogen-bond acceptors (Lipinski definition) is 2. The van der Waals surface area contributed by atoms with E-state index in [9.17, 15) is 4.79 Å². The lowest BCUT2D eigenvalue weighted by Crippen LogP contribution is -2.36. The predicted octanol–water partition coefficient (Wildman–Crippen LogP) is 3.87. The van der Waals surface area contributed by atoms with Gasteiger partial charge in [-0.05, 0) is 32.8 Å². The van der Waals surface area contributed by atoms with E-state index in [1.165, 1.54) is 0 Å². The topological polar surface area (TPSA) is 26.3 Å². The highest BCUT2D eigenvalue weighted by Gasteiger charge is 2.35. The zero-order valence-electron chi connectivity index (χ0n) is 10.8. The van der Waals surface area contributed by atoms with Gasteiger partial charge in [-0.25, -0.2) is 0 Å². The third kappa shape index (κ3) is 3.47. The molecule has 1 aromatic carbocycles. The fraction of sp³-hybridized carbons (Fsp3) is 0.500. The second kappa shape index (κ2) is 5.09. The number of benzene rings is 1. The van der Waals surface area contributed by atoms with Crippen LogP contribution in [0.4, 0.5) is 0 Å². The number of halogens is 1. The Bertz CT molecular complexity index is 382. The van der Waals surface area contributed by atoms with Crippen molar-refractivity contribution in [2.45, 2.75) is 44.6 Å². The lowest BCUT2D eigenvalue weighted by Gasteiger charge is -2.29. The highest BCUT2D eigenvalue weighted by molar-refractivity contribution is 6.33. The minimum Gasteiger partial charge on any atom is -0.453 e. The largest absolute Gasteiger partial charge is 0.453 e. The van der Waals surface area contributed by atoms with E-state index in [1.807, 2.05) is 51.1 Å². The van der Waals surface area contributed by atoms with Crippen LogP contribution >= 0.6 is 11.6 Å². The first-order valence-corrected chi connectivity index (χ1v) is 6.15. The maximum Gasteiger partial charge on any atom is 0.327 e. The molecule has 1 aromatic rings. The van der Waals surface area contributed by atoms with Crippen LogP contribution in [-0.2, 0) is 15.1 Å². The van der Waals surface area contributed by atoms with Crippen LogP contribution in [0.2, 0.25) is 0 Å². The van der Waals surface area contributed by atoms with Gasteiger partial charge in [0.05, 0.1) is 0 Å². The van der Waals surface area contributed by atoms with Crippen molar-refractivity contribution in [3.8, 4) is 0 Å². The van der Waals surface area contributed by atoms with Crippen LogP contribution in [0, 0.1) is 0 Å².